The summed E-state index contributed by atoms with van der Waals surface area (Å²) in [5.41, 5.74) is 7.62. The predicted molar refractivity (Wildman–Crippen MR) is 90.7 cm³/mol. The number of hydrogen-bond donors (Lipinski definition) is 4. The monoisotopic (exact) mass is 351 g/mol. The second-order valence-electron chi connectivity index (χ2n) is 6.57. The van der Waals surface area contributed by atoms with Crippen molar-refractivity contribution in [2.24, 2.45) is 11.7 Å². The van der Waals surface area contributed by atoms with E-state index in [4.69, 9.17) is 30.3 Å². The fourth-order valence-corrected chi connectivity index (χ4v) is 3.47. The summed E-state index contributed by atoms with van der Waals surface area (Å²) in [5.74, 6) is -1.95. The molecule has 3 rings (SSSR count). The van der Waals surface area contributed by atoms with Gasteiger partial charge in [-0.15, -0.1) is 0 Å². The van der Waals surface area contributed by atoms with Crippen LogP contribution < -0.4 is 10.5 Å². The molecule has 5 N–H and O–H groups in total. The number of carbonyl (C=O) groups is 2. The van der Waals surface area contributed by atoms with E-state index in [0.29, 0.717) is 5.92 Å². The molecule has 2 atom stereocenters. The minimum absolute atomic E-state index is 0.109. The Morgan fingerprint density at radius 3 is 2.32 bits per heavy atom. The third-order valence-corrected chi connectivity index (χ3v) is 4.83. The summed E-state index contributed by atoms with van der Waals surface area (Å²) in [6.07, 6.45) is 8.56. The zero-order chi connectivity index (χ0) is 18.4. The molecule has 1 aromatic carbocycles. The molecular weight excluding hydrogens is 326 g/mol. The summed E-state index contributed by atoms with van der Waals surface area (Å²) in [6.45, 7) is 0. The van der Waals surface area contributed by atoms with Gasteiger partial charge in [-0.2, -0.15) is 0 Å². The second-order valence-corrected chi connectivity index (χ2v) is 6.57. The molecule has 0 spiro atoms. The average molecular weight is 351 g/mol. The number of carboxylic acid groups (broad SMARTS) is 2. The molecule has 1 fully saturated rings. The Kier molecular flexibility index (Phi) is 6.64. The van der Waals surface area contributed by atoms with Crippen molar-refractivity contribution < 1.29 is 29.6 Å². The van der Waals surface area contributed by atoms with Crippen LogP contribution in [-0.2, 0) is 16.0 Å². The first-order valence-corrected chi connectivity index (χ1v) is 8.59. The Labute approximate surface area is 146 Å². The summed E-state index contributed by atoms with van der Waals surface area (Å²) in [7, 11) is 0. The van der Waals surface area contributed by atoms with Gasteiger partial charge in [-0.25, -0.2) is 9.59 Å². The molecule has 1 aliphatic carbocycles. The fourth-order valence-electron chi connectivity index (χ4n) is 3.47. The maximum absolute atomic E-state index is 9.55. The third kappa shape index (κ3) is 5.35. The number of aliphatic carboxylic acids is 2. The summed E-state index contributed by atoms with van der Waals surface area (Å²) < 4.78 is 6.04. The lowest BCUT2D eigenvalue weighted by Gasteiger charge is -2.36. The maximum Gasteiger partial charge on any atom is 0.414 e. The van der Waals surface area contributed by atoms with Gasteiger partial charge in [0.1, 0.15) is 17.6 Å². The van der Waals surface area contributed by atoms with Gasteiger partial charge < -0.3 is 25.8 Å². The number of nitrogens with two attached hydrogens (primary N) is 1. The van der Waals surface area contributed by atoms with Gasteiger partial charge in [-0.05, 0) is 43.2 Å². The van der Waals surface area contributed by atoms with Crippen LogP contribution in [0.2, 0.25) is 0 Å². The zero-order valence-electron chi connectivity index (χ0n) is 14.1. The van der Waals surface area contributed by atoms with Crippen molar-refractivity contribution in [2.45, 2.75) is 57.1 Å². The Balaban J connectivity index is 0.000000326. The summed E-state index contributed by atoms with van der Waals surface area (Å²) in [4.78, 5) is 18.2. The molecule has 2 aliphatic rings. The SMILES string of the molecule is NC(C1CCCCC1)C1CCc2ccc(O)cc2O1.O=C(O)C(=O)O. The molecule has 0 aromatic heterocycles. The molecule has 0 bridgehead atoms. The first-order chi connectivity index (χ1) is 11.9. The van der Waals surface area contributed by atoms with Gasteiger partial charge in [0, 0.05) is 12.1 Å². The van der Waals surface area contributed by atoms with Crippen LogP contribution in [0.3, 0.4) is 0 Å². The standard InChI is InChI=1S/C16H23NO2.C2H2O4/c17-16(12-4-2-1-3-5-12)14-9-7-11-6-8-13(18)10-15(11)19-14;3-1(4)2(5)6/h6,8,10,12,14,16,18H,1-5,7,9,17H2;(H,3,4)(H,5,6). The summed E-state index contributed by atoms with van der Waals surface area (Å²) in [5, 5.41) is 24.3. The number of aromatic hydroxyl groups is 1. The van der Waals surface area contributed by atoms with Crippen LogP contribution in [0.5, 0.6) is 11.5 Å². The molecular formula is C18H25NO6. The third-order valence-electron chi connectivity index (χ3n) is 4.83. The van der Waals surface area contributed by atoms with Crippen molar-refractivity contribution in [1.29, 1.82) is 0 Å². The maximum atomic E-state index is 9.55. The van der Waals surface area contributed by atoms with Crippen LogP contribution in [0.4, 0.5) is 0 Å². The van der Waals surface area contributed by atoms with Crippen LogP contribution in [0.1, 0.15) is 44.1 Å². The van der Waals surface area contributed by atoms with Gasteiger partial charge in [-0.1, -0.05) is 25.3 Å². The van der Waals surface area contributed by atoms with E-state index >= 15 is 0 Å². The van der Waals surface area contributed by atoms with E-state index in [-0.39, 0.29) is 17.9 Å². The van der Waals surface area contributed by atoms with Gasteiger partial charge in [0.05, 0.1) is 0 Å². The van der Waals surface area contributed by atoms with Crippen LogP contribution in [0.25, 0.3) is 0 Å². The Hall–Kier alpha value is -2.28. The van der Waals surface area contributed by atoms with Gasteiger partial charge in [0.2, 0.25) is 0 Å². The van der Waals surface area contributed by atoms with Crippen molar-refractivity contribution in [3.8, 4) is 11.5 Å². The van der Waals surface area contributed by atoms with Crippen LogP contribution in [0, 0.1) is 5.92 Å². The van der Waals surface area contributed by atoms with E-state index in [2.05, 4.69) is 0 Å². The van der Waals surface area contributed by atoms with Crippen LogP contribution >= 0.6 is 0 Å². The molecule has 1 heterocycles. The van der Waals surface area contributed by atoms with E-state index in [0.717, 1.165) is 18.6 Å². The topological polar surface area (TPSA) is 130 Å². The predicted octanol–water partition coefficient (Wildman–Crippen LogP) is 2.15. The van der Waals surface area contributed by atoms with Gasteiger partial charge in [0.15, 0.2) is 0 Å². The molecule has 2 unspecified atom stereocenters. The molecule has 0 saturated heterocycles. The number of benzene rings is 1. The average Bonchev–Trinajstić information content (AvgIpc) is 2.61. The normalized spacial score (nSPS) is 21.1. The first kappa shape index (κ1) is 19.1. The number of aryl methyl sites for hydroxylation is 1. The first-order valence-electron chi connectivity index (χ1n) is 8.59. The molecule has 0 radical (unpaired) electrons. The van der Waals surface area contributed by atoms with Crippen molar-refractivity contribution >= 4 is 11.9 Å². The molecule has 7 heteroatoms. The molecule has 0 amide bonds. The van der Waals surface area contributed by atoms with Gasteiger partial charge in [0.25, 0.3) is 0 Å². The number of fused-ring (bicyclic) bond motifs is 1. The quantitative estimate of drug-likeness (QED) is 0.601. The van der Waals surface area contributed by atoms with Gasteiger partial charge >= 0.3 is 11.9 Å². The highest BCUT2D eigenvalue weighted by molar-refractivity contribution is 6.27. The fraction of sp³-hybridized carbons (Fsp3) is 0.556. The number of rotatable bonds is 2. The van der Waals surface area contributed by atoms with Crippen molar-refractivity contribution in [2.75, 3.05) is 0 Å². The number of carboxylic acids is 2. The van der Waals surface area contributed by atoms with E-state index in [9.17, 15) is 5.11 Å². The van der Waals surface area contributed by atoms with E-state index in [1.165, 1.54) is 37.7 Å². The van der Waals surface area contributed by atoms with Crippen molar-refractivity contribution in [3.63, 3.8) is 0 Å². The highest BCUT2D eigenvalue weighted by atomic mass is 16.5. The second kappa shape index (κ2) is 8.71. The number of phenols is 1. The number of hydrogen-bond acceptors (Lipinski definition) is 5. The Bertz CT molecular complexity index is 600. The summed E-state index contributed by atoms with van der Waals surface area (Å²) >= 11 is 0. The Morgan fingerprint density at radius 1 is 1.08 bits per heavy atom. The molecule has 1 aromatic rings. The lowest BCUT2D eigenvalue weighted by atomic mass is 9.80. The molecule has 25 heavy (non-hydrogen) atoms. The molecule has 138 valence electrons. The summed E-state index contributed by atoms with van der Waals surface area (Å²) in [6, 6.07) is 5.53. The molecule has 1 saturated carbocycles. The minimum Gasteiger partial charge on any atom is -0.508 e. The van der Waals surface area contributed by atoms with Crippen LogP contribution in [-0.4, -0.2) is 39.4 Å². The smallest absolute Gasteiger partial charge is 0.414 e. The van der Waals surface area contributed by atoms with Crippen LogP contribution in [0.15, 0.2) is 18.2 Å². The van der Waals surface area contributed by atoms with Crippen molar-refractivity contribution in [1.82, 2.24) is 0 Å². The number of phenolic OH excluding ortho intramolecular Hbond substituents is 1. The largest absolute Gasteiger partial charge is 0.508 e. The zero-order valence-corrected chi connectivity index (χ0v) is 14.1. The minimum atomic E-state index is -1.82. The van der Waals surface area contributed by atoms with E-state index < -0.39 is 11.9 Å². The highest BCUT2D eigenvalue weighted by Gasteiger charge is 2.31. The Morgan fingerprint density at radius 2 is 1.72 bits per heavy atom. The molecule has 7 nitrogen and oxygen atoms in total. The highest BCUT2D eigenvalue weighted by Crippen LogP contribution is 2.34. The number of ether oxygens (including phenoxy) is 1. The molecule has 1 aliphatic heterocycles. The van der Waals surface area contributed by atoms with E-state index in [1.807, 2.05) is 6.07 Å². The van der Waals surface area contributed by atoms with Crippen molar-refractivity contribution in [3.05, 3.63) is 23.8 Å². The lowest BCUT2D eigenvalue weighted by molar-refractivity contribution is -0.159. The lowest BCUT2D eigenvalue weighted by Crippen LogP contribution is -2.46. The van der Waals surface area contributed by atoms with E-state index in [1.54, 1.807) is 12.1 Å². The van der Waals surface area contributed by atoms with Gasteiger partial charge in [-0.3, -0.25) is 0 Å².